The Morgan fingerprint density at radius 1 is 1.52 bits per heavy atom. The number of amides is 1. The van der Waals surface area contributed by atoms with Gasteiger partial charge in [-0.25, -0.2) is 0 Å². The van der Waals surface area contributed by atoms with E-state index in [0.717, 1.165) is 12.0 Å². The molecule has 31 heavy (non-hydrogen) atoms. The maximum Gasteiger partial charge on any atom is 0.255 e. The third-order valence-electron chi connectivity index (χ3n) is 7.06. The Kier molecular flexibility index (Phi) is 5.60. The van der Waals surface area contributed by atoms with Gasteiger partial charge in [0, 0.05) is 19.5 Å². The number of carbonyl (C=O) groups is 1. The van der Waals surface area contributed by atoms with Crippen molar-refractivity contribution in [3.63, 3.8) is 0 Å². The standard InChI is InChI=1S/C23H33N5O3/c1-5-19(24)27-18-11-25-14(3)28-12-17(21(29)23(18,28)4)26-22(30)16-8-6-7-15-13(2)9-10-31-20(15)16/h6-8,13,17-18,21,25,29H,3,5,9-12H2,1-2,4H3,(H2,24,27)(H,26,30)/t13?,17-,18+,21-,23?/m1/s1. The van der Waals surface area contributed by atoms with Crippen molar-refractivity contribution < 1.29 is 14.6 Å². The van der Waals surface area contributed by atoms with Crippen LogP contribution in [0.2, 0.25) is 0 Å². The first kappa shape index (κ1) is 21.5. The molecule has 2 unspecified atom stereocenters. The van der Waals surface area contributed by atoms with Crippen molar-refractivity contribution in [2.24, 2.45) is 10.7 Å². The number of hydrogen-bond donors (Lipinski definition) is 4. The van der Waals surface area contributed by atoms with Crippen molar-refractivity contribution in [3.05, 3.63) is 41.7 Å². The second-order valence-electron chi connectivity index (χ2n) is 8.94. The number of nitrogens with two attached hydrogens (primary N) is 1. The molecule has 1 aromatic carbocycles. The minimum atomic E-state index is -0.840. The first-order chi connectivity index (χ1) is 14.8. The van der Waals surface area contributed by atoms with E-state index < -0.39 is 17.7 Å². The third kappa shape index (κ3) is 3.52. The first-order valence-electron chi connectivity index (χ1n) is 11.0. The summed E-state index contributed by atoms with van der Waals surface area (Å²) in [5.41, 5.74) is 6.85. The molecular weight excluding hydrogens is 394 g/mol. The summed E-state index contributed by atoms with van der Waals surface area (Å²) in [6.45, 7) is 11.7. The Bertz CT molecular complexity index is 916. The first-order valence-corrected chi connectivity index (χ1v) is 11.0. The molecule has 8 nitrogen and oxygen atoms in total. The number of para-hydroxylation sites is 1. The predicted molar refractivity (Wildman–Crippen MR) is 120 cm³/mol. The van der Waals surface area contributed by atoms with Gasteiger partial charge in [0.05, 0.1) is 41.4 Å². The van der Waals surface area contributed by atoms with E-state index in [1.54, 1.807) is 6.07 Å². The molecule has 2 saturated heterocycles. The Morgan fingerprint density at radius 3 is 3.03 bits per heavy atom. The lowest BCUT2D eigenvalue weighted by atomic mass is 9.84. The summed E-state index contributed by atoms with van der Waals surface area (Å²) in [4.78, 5) is 19.9. The molecule has 0 aliphatic carbocycles. The van der Waals surface area contributed by atoms with Crippen LogP contribution in [0.25, 0.3) is 0 Å². The van der Waals surface area contributed by atoms with Gasteiger partial charge < -0.3 is 31.1 Å². The van der Waals surface area contributed by atoms with Crippen molar-refractivity contribution in [1.29, 1.82) is 0 Å². The quantitative estimate of drug-likeness (QED) is 0.426. The van der Waals surface area contributed by atoms with Gasteiger partial charge in [-0.15, -0.1) is 0 Å². The van der Waals surface area contributed by atoms with Crippen molar-refractivity contribution in [3.8, 4) is 5.75 Å². The number of fused-ring (bicyclic) bond motifs is 2. The molecule has 5 atom stereocenters. The highest BCUT2D eigenvalue weighted by Crippen LogP contribution is 2.40. The molecule has 0 spiro atoms. The Balaban J connectivity index is 1.59. The summed E-state index contributed by atoms with van der Waals surface area (Å²) in [7, 11) is 0. The smallest absolute Gasteiger partial charge is 0.255 e. The fourth-order valence-electron chi connectivity index (χ4n) is 4.97. The predicted octanol–water partition coefficient (Wildman–Crippen LogP) is 1.32. The Labute approximate surface area is 183 Å². The maximum atomic E-state index is 13.2. The van der Waals surface area contributed by atoms with E-state index >= 15 is 0 Å². The SMILES string of the molecule is C=C1NC[C@H](N=C(N)CC)C2(C)[C@H](O)[C@H](NC(=O)c3cccc4c3OCCC4C)CN12. The van der Waals surface area contributed by atoms with E-state index in [-0.39, 0.29) is 11.9 Å². The lowest BCUT2D eigenvalue weighted by Crippen LogP contribution is -2.64. The summed E-state index contributed by atoms with van der Waals surface area (Å²) >= 11 is 0. The lowest BCUT2D eigenvalue weighted by Gasteiger charge is -2.48. The van der Waals surface area contributed by atoms with Gasteiger partial charge in [0.25, 0.3) is 5.91 Å². The monoisotopic (exact) mass is 427 g/mol. The van der Waals surface area contributed by atoms with Gasteiger partial charge in [-0.05, 0) is 30.9 Å². The van der Waals surface area contributed by atoms with E-state index in [1.807, 2.05) is 30.9 Å². The maximum absolute atomic E-state index is 13.2. The minimum absolute atomic E-state index is 0.245. The van der Waals surface area contributed by atoms with Crippen molar-refractivity contribution >= 4 is 11.7 Å². The number of benzene rings is 1. The van der Waals surface area contributed by atoms with Crippen molar-refractivity contribution in [1.82, 2.24) is 15.5 Å². The zero-order chi connectivity index (χ0) is 22.3. The van der Waals surface area contributed by atoms with E-state index in [1.165, 1.54) is 0 Å². The molecule has 1 aromatic rings. The average molecular weight is 428 g/mol. The molecule has 168 valence electrons. The third-order valence-corrected chi connectivity index (χ3v) is 7.06. The number of aliphatic hydroxyl groups is 1. The van der Waals surface area contributed by atoms with Gasteiger partial charge in [-0.1, -0.05) is 32.6 Å². The molecule has 0 saturated carbocycles. The molecule has 1 amide bonds. The van der Waals surface area contributed by atoms with Crippen LogP contribution in [0.4, 0.5) is 0 Å². The average Bonchev–Trinajstić information content (AvgIpc) is 3.02. The van der Waals surface area contributed by atoms with Crippen molar-refractivity contribution in [2.45, 2.75) is 63.3 Å². The minimum Gasteiger partial charge on any atom is -0.492 e. The molecule has 3 aliphatic heterocycles. The van der Waals surface area contributed by atoms with Gasteiger partial charge in [-0.2, -0.15) is 0 Å². The second kappa shape index (κ2) is 8.07. The summed E-state index contributed by atoms with van der Waals surface area (Å²) in [6.07, 6.45) is 0.736. The molecule has 3 aliphatic rings. The van der Waals surface area contributed by atoms with Crippen LogP contribution < -0.4 is 21.1 Å². The Morgan fingerprint density at radius 2 is 2.29 bits per heavy atom. The zero-order valence-electron chi connectivity index (χ0n) is 18.5. The van der Waals surface area contributed by atoms with E-state index in [0.29, 0.717) is 55.0 Å². The summed E-state index contributed by atoms with van der Waals surface area (Å²) in [5.74, 6) is 2.01. The molecule has 2 fully saturated rings. The van der Waals surface area contributed by atoms with Gasteiger partial charge in [0.1, 0.15) is 11.9 Å². The summed E-state index contributed by atoms with van der Waals surface area (Å²) < 4.78 is 5.85. The second-order valence-corrected chi connectivity index (χ2v) is 8.94. The molecule has 5 N–H and O–H groups in total. The fraction of sp³-hybridized carbons (Fsp3) is 0.565. The van der Waals surface area contributed by atoms with Crippen LogP contribution in [0.15, 0.2) is 35.6 Å². The molecule has 4 rings (SSSR count). The summed E-state index contributed by atoms with van der Waals surface area (Å²) in [5, 5.41) is 17.6. The fourth-order valence-corrected chi connectivity index (χ4v) is 4.97. The molecule has 0 bridgehead atoms. The van der Waals surface area contributed by atoms with Crippen LogP contribution in [0.1, 0.15) is 55.5 Å². The van der Waals surface area contributed by atoms with Crippen LogP contribution in [0.3, 0.4) is 0 Å². The number of rotatable bonds is 4. The zero-order valence-corrected chi connectivity index (χ0v) is 18.5. The topological polar surface area (TPSA) is 112 Å². The number of carbonyl (C=O) groups excluding carboxylic acids is 1. The van der Waals surface area contributed by atoms with E-state index in [9.17, 15) is 9.90 Å². The van der Waals surface area contributed by atoms with Gasteiger partial charge >= 0.3 is 0 Å². The number of hydrogen-bond acceptors (Lipinski definition) is 6. The number of nitrogens with one attached hydrogen (secondary N) is 2. The highest BCUT2D eigenvalue weighted by atomic mass is 16.5. The van der Waals surface area contributed by atoms with Crippen LogP contribution in [-0.2, 0) is 0 Å². The van der Waals surface area contributed by atoms with E-state index in [2.05, 4.69) is 29.1 Å². The highest BCUT2D eigenvalue weighted by molar-refractivity contribution is 5.97. The number of nitrogens with zero attached hydrogens (tertiary/aromatic N) is 2. The van der Waals surface area contributed by atoms with Gasteiger partial charge in [0.15, 0.2) is 0 Å². The summed E-state index contributed by atoms with van der Waals surface area (Å²) in [6, 6.07) is 4.93. The van der Waals surface area contributed by atoms with Crippen molar-refractivity contribution in [2.75, 3.05) is 19.7 Å². The number of ether oxygens (including phenoxy) is 1. The highest BCUT2D eigenvalue weighted by Gasteiger charge is 2.57. The molecule has 0 radical (unpaired) electrons. The normalized spacial score (nSPS) is 32.6. The molecule has 3 heterocycles. The van der Waals surface area contributed by atoms with Crippen LogP contribution >= 0.6 is 0 Å². The number of aliphatic imine (C=N–C) groups is 1. The van der Waals surface area contributed by atoms with Gasteiger partial charge in [0.2, 0.25) is 0 Å². The molecular formula is C23H33N5O3. The molecule has 8 heteroatoms. The van der Waals surface area contributed by atoms with E-state index in [4.69, 9.17) is 10.5 Å². The largest absolute Gasteiger partial charge is 0.492 e. The van der Waals surface area contributed by atoms with Crippen LogP contribution in [0, 0.1) is 0 Å². The number of aliphatic hydroxyl groups excluding tert-OH is 1. The molecule has 0 aromatic heterocycles. The lowest BCUT2D eigenvalue weighted by molar-refractivity contribution is 0.0147. The van der Waals surface area contributed by atoms with Crippen LogP contribution in [-0.4, -0.2) is 65.2 Å². The van der Waals surface area contributed by atoms with Crippen LogP contribution in [0.5, 0.6) is 5.75 Å². The van der Waals surface area contributed by atoms with Gasteiger partial charge in [-0.3, -0.25) is 9.79 Å². The number of amidine groups is 1. The Hall–Kier alpha value is -2.74.